The van der Waals surface area contributed by atoms with Crippen LogP contribution in [0.4, 0.5) is 4.39 Å². The number of halogens is 1. The second kappa shape index (κ2) is 6.14. The fourth-order valence-corrected chi connectivity index (χ4v) is 3.48. The Labute approximate surface area is 137 Å². The Balaban J connectivity index is 1.99. The van der Waals surface area contributed by atoms with E-state index in [1.807, 2.05) is 0 Å². The molecule has 0 spiro atoms. The highest BCUT2D eigenvalue weighted by Gasteiger charge is 2.19. The van der Waals surface area contributed by atoms with E-state index in [2.05, 4.69) is 9.82 Å². The number of aromatic nitrogens is 2. The number of sulfonamides is 1. The van der Waals surface area contributed by atoms with Crippen LogP contribution in [-0.2, 0) is 23.6 Å². The zero-order valence-electron chi connectivity index (χ0n) is 12.7. The first-order valence-corrected chi connectivity index (χ1v) is 8.57. The minimum atomic E-state index is -4.03. The van der Waals surface area contributed by atoms with Crippen molar-refractivity contribution in [2.75, 3.05) is 0 Å². The Hall–Kier alpha value is -2.58. The maximum absolute atomic E-state index is 13.7. The van der Waals surface area contributed by atoms with Crippen LogP contribution < -0.4 is 10.3 Å². The molecule has 1 heterocycles. The fourth-order valence-electron chi connectivity index (χ4n) is 2.41. The molecule has 124 valence electrons. The van der Waals surface area contributed by atoms with E-state index < -0.39 is 20.7 Å². The molecular formula is C16H14FN3O3S. The Morgan fingerprint density at radius 2 is 1.71 bits per heavy atom. The van der Waals surface area contributed by atoms with Crippen molar-refractivity contribution in [3.8, 4) is 0 Å². The second-order valence-corrected chi connectivity index (χ2v) is 6.91. The number of fused-ring (bicyclic) bond motifs is 1. The Kier molecular flexibility index (Phi) is 4.16. The zero-order chi connectivity index (χ0) is 17.3. The first kappa shape index (κ1) is 16.3. The van der Waals surface area contributed by atoms with Gasteiger partial charge in [0.05, 0.1) is 17.6 Å². The summed E-state index contributed by atoms with van der Waals surface area (Å²) >= 11 is 0. The molecule has 0 aliphatic carbocycles. The van der Waals surface area contributed by atoms with Crippen molar-refractivity contribution in [1.82, 2.24) is 14.5 Å². The first-order valence-electron chi connectivity index (χ1n) is 7.09. The molecule has 1 aromatic heterocycles. The van der Waals surface area contributed by atoms with Crippen molar-refractivity contribution in [1.29, 1.82) is 0 Å². The van der Waals surface area contributed by atoms with Gasteiger partial charge in [-0.2, -0.15) is 5.10 Å². The highest BCUT2D eigenvalue weighted by molar-refractivity contribution is 7.89. The number of nitrogens with zero attached hydrogens (tertiary/aromatic N) is 2. The molecule has 0 atom stereocenters. The summed E-state index contributed by atoms with van der Waals surface area (Å²) in [7, 11) is -2.54. The SMILES string of the molecule is Cn1nc(CNS(=O)(=O)c2ccccc2F)c2ccccc2c1=O. The van der Waals surface area contributed by atoms with Crippen molar-refractivity contribution in [3.63, 3.8) is 0 Å². The summed E-state index contributed by atoms with van der Waals surface area (Å²) in [6.07, 6.45) is 0. The summed E-state index contributed by atoms with van der Waals surface area (Å²) in [5.74, 6) is -0.830. The van der Waals surface area contributed by atoms with Crippen LogP contribution in [0.5, 0.6) is 0 Å². The molecule has 0 radical (unpaired) electrons. The van der Waals surface area contributed by atoms with Gasteiger partial charge in [-0.1, -0.05) is 30.3 Å². The van der Waals surface area contributed by atoms with E-state index in [0.717, 1.165) is 10.7 Å². The second-order valence-electron chi connectivity index (χ2n) is 5.18. The van der Waals surface area contributed by atoms with Crippen molar-refractivity contribution >= 4 is 20.8 Å². The quantitative estimate of drug-likeness (QED) is 0.776. The van der Waals surface area contributed by atoms with Gasteiger partial charge in [0.2, 0.25) is 10.0 Å². The van der Waals surface area contributed by atoms with Gasteiger partial charge in [0.25, 0.3) is 5.56 Å². The van der Waals surface area contributed by atoms with Gasteiger partial charge in [0.1, 0.15) is 10.7 Å². The predicted octanol–water partition coefficient (Wildman–Crippen LogP) is 1.55. The molecule has 1 N–H and O–H groups in total. The van der Waals surface area contributed by atoms with Gasteiger partial charge in [0, 0.05) is 12.4 Å². The molecule has 8 heteroatoms. The van der Waals surface area contributed by atoms with Crippen molar-refractivity contribution in [2.24, 2.45) is 7.05 Å². The number of benzene rings is 2. The largest absolute Gasteiger partial charge is 0.274 e. The van der Waals surface area contributed by atoms with Crippen LogP contribution in [0.2, 0.25) is 0 Å². The summed E-state index contributed by atoms with van der Waals surface area (Å²) in [6.45, 7) is -0.161. The highest BCUT2D eigenvalue weighted by Crippen LogP contribution is 2.16. The normalized spacial score (nSPS) is 11.8. The summed E-state index contributed by atoms with van der Waals surface area (Å²) < 4.78 is 41.7. The van der Waals surface area contributed by atoms with E-state index in [1.54, 1.807) is 24.3 Å². The topological polar surface area (TPSA) is 81.1 Å². The molecule has 0 saturated carbocycles. The lowest BCUT2D eigenvalue weighted by atomic mass is 10.1. The predicted molar refractivity (Wildman–Crippen MR) is 87.4 cm³/mol. The minimum absolute atomic E-state index is 0.161. The average Bonchev–Trinajstić information content (AvgIpc) is 2.57. The van der Waals surface area contributed by atoms with Gasteiger partial charge >= 0.3 is 0 Å². The van der Waals surface area contributed by atoms with Crippen molar-refractivity contribution < 1.29 is 12.8 Å². The third kappa shape index (κ3) is 2.93. The first-order chi connectivity index (χ1) is 11.4. The number of rotatable bonds is 4. The van der Waals surface area contributed by atoms with Gasteiger partial charge in [-0.25, -0.2) is 22.2 Å². The van der Waals surface area contributed by atoms with E-state index in [9.17, 15) is 17.6 Å². The maximum Gasteiger partial charge on any atom is 0.274 e. The van der Waals surface area contributed by atoms with Gasteiger partial charge in [-0.3, -0.25) is 4.79 Å². The molecule has 24 heavy (non-hydrogen) atoms. The molecule has 0 amide bonds. The molecule has 0 fully saturated rings. The lowest BCUT2D eigenvalue weighted by molar-refractivity contribution is 0.555. The van der Waals surface area contributed by atoms with Crippen LogP contribution in [-0.4, -0.2) is 18.2 Å². The number of nitrogens with one attached hydrogen (secondary N) is 1. The van der Waals surface area contributed by atoms with Crippen molar-refractivity contribution in [3.05, 3.63) is 70.4 Å². The summed E-state index contributed by atoms with van der Waals surface area (Å²) in [6, 6.07) is 11.9. The molecule has 6 nitrogen and oxygen atoms in total. The lowest BCUT2D eigenvalue weighted by Gasteiger charge is -2.10. The van der Waals surface area contributed by atoms with E-state index in [4.69, 9.17) is 0 Å². The third-order valence-electron chi connectivity index (χ3n) is 3.59. The monoisotopic (exact) mass is 347 g/mol. The Morgan fingerprint density at radius 3 is 2.42 bits per heavy atom. The average molecular weight is 347 g/mol. The van der Waals surface area contributed by atoms with Gasteiger partial charge in [0.15, 0.2) is 0 Å². The van der Waals surface area contributed by atoms with Gasteiger partial charge in [-0.05, 0) is 18.2 Å². The lowest BCUT2D eigenvalue weighted by Crippen LogP contribution is -2.27. The molecular weight excluding hydrogens is 333 g/mol. The standard InChI is InChI=1S/C16H14FN3O3S/c1-20-16(21)12-7-3-2-6-11(12)14(19-20)10-18-24(22,23)15-9-5-4-8-13(15)17/h2-9,18H,10H2,1H3. The number of hydrogen-bond donors (Lipinski definition) is 1. The molecule has 0 saturated heterocycles. The van der Waals surface area contributed by atoms with Crippen LogP contribution in [0.3, 0.4) is 0 Å². The third-order valence-corrected chi connectivity index (χ3v) is 5.02. The number of hydrogen-bond acceptors (Lipinski definition) is 4. The molecule has 2 aromatic carbocycles. The van der Waals surface area contributed by atoms with E-state index in [-0.39, 0.29) is 12.1 Å². The van der Waals surface area contributed by atoms with Gasteiger partial charge < -0.3 is 0 Å². The molecule has 3 aromatic rings. The van der Waals surface area contributed by atoms with E-state index in [0.29, 0.717) is 16.5 Å². The smallest absolute Gasteiger partial charge is 0.267 e. The highest BCUT2D eigenvalue weighted by atomic mass is 32.2. The minimum Gasteiger partial charge on any atom is -0.267 e. The van der Waals surface area contributed by atoms with Gasteiger partial charge in [-0.15, -0.1) is 0 Å². The van der Waals surface area contributed by atoms with E-state index in [1.165, 1.54) is 25.2 Å². The zero-order valence-corrected chi connectivity index (χ0v) is 13.5. The summed E-state index contributed by atoms with van der Waals surface area (Å²) in [4.78, 5) is 11.6. The molecule has 0 aliphatic rings. The van der Waals surface area contributed by atoms with Crippen LogP contribution in [0.25, 0.3) is 10.8 Å². The molecule has 0 unspecified atom stereocenters. The molecule has 0 bridgehead atoms. The molecule has 0 aliphatic heterocycles. The maximum atomic E-state index is 13.7. The summed E-state index contributed by atoms with van der Waals surface area (Å²) in [5, 5.41) is 5.10. The molecule has 3 rings (SSSR count). The van der Waals surface area contributed by atoms with Crippen LogP contribution in [0.1, 0.15) is 5.69 Å². The van der Waals surface area contributed by atoms with E-state index >= 15 is 0 Å². The van der Waals surface area contributed by atoms with Crippen LogP contribution in [0.15, 0.2) is 58.2 Å². The van der Waals surface area contributed by atoms with Crippen LogP contribution >= 0.6 is 0 Å². The Bertz CT molecular complexity index is 1080. The number of aryl methyl sites for hydroxylation is 1. The fraction of sp³-hybridized carbons (Fsp3) is 0.125. The Morgan fingerprint density at radius 1 is 1.08 bits per heavy atom. The summed E-state index contributed by atoms with van der Waals surface area (Å²) in [5.41, 5.74) is 0.110. The van der Waals surface area contributed by atoms with Crippen LogP contribution in [0, 0.1) is 5.82 Å². The van der Waals surface area contributed by atoms with Crippen molar-refractivity contribution in [2.45, 2.75) is 11.4 Å².